The van der Waals surface area contributed by atoms with Gasteiger partial charge in [0.1, 0.15) is 5.75 Å². The van der Waals surface area contributed by atoms with Crippen LogP contribution >= 0.6 is 0 Å². The first kappa shape index (κ1) is 23.4. The maximum Gasteiger partial charge on any atom is 0.321 e. The molecule has 2 aromatic heterocycles. The second kappa shape index (κ2) is 9.24. The molecule has 0 fully saturated rings. The van der Waals surface area contributed by atoms with Crippen molar-refractivity contribution < 1.29 is 18.3 Å². The van der Waals surface area contributed by atoms with Gasteiger partial charge >= 0.3 is 5.92 Å². The standard InChI is InChI=1S/C25H27F2N5O2/c1-5-31-15-20(14-28-31)18-8-11-22-19(12-18)13-29-32(22)23(16(2)30-24(33)25(3,26)27)17-6-9-21(34-4)10-7-17/h6-16,23H,5H2,1-4H3,(H,30,33)/t16-,23?/m1/s1. The molecule has 9 heteroatoms. The number of benzene rings is 2. The van der Waals surface area contributed by atoms with Crippen molar-refractivity contribution in [3.63, 3.8) is 0 Å². The van der Waals surface area contributed by atoms with Gasteiger partial charge in [-0.2, -0.15) is 19.0 Å². The van der Waals surface area contributed by atoms with Gasteiger partial charge in [-0.05, 0) is 49.2 Å². The quantitative estimate of drug-likeness (QED) is 0.409. The van der Waals surface area contributed by atoms with Gasteiger partial charge in [0.15, 0.2) is 0 Å². The number of ether oxygens (including phenoxy) is 1. The van der Waals surface area contributed by atoms with Crippen LogP contribution < -0.4 is 10.1 Å². The number of amides is 1. The van der Waals surface area contributed by atoms with Crippen molar-refractivity contribution in [2.24, 2.45) is 0 Å². The van der Waals surface area contributed by atoms with Crippen LogP contribution in [0.2, 0.25) is 0 Å². The molecule has 2 aromatic carbocycles. The van der Waals surface area contributed by atoms with E-state index in [0.717, 1.165) is 34.1 Å². The summed E-state index contributed by atoms with van der Waals surface area (Å²) in [5, 5.41) is 12.3. The van der Waals surface area contributed by atoms with E-state index in [1.165, 1.54) is 0 Å². The number of rotatable bonds is 8. The number of aromatic nitrogens is 4. The number of halogens is 2. The zero-order valence-corrected chi connectivity index (χ0v) is 19.5. The minimum Gasteiger partial charge on any atom is -0.497 e. The Morgan fingerprint density at radius 2 is 1.85 bits per heavy atom. The number of hydrogen-bond donors (Lipinski definition) is 1. The summed E-state index contributed by atoms with van der Waals surface area (Å²) in [7, 11) is 1.57. The van der Waals surface area contributed by atoms with E-state index in [1.54, 1.807) is 37.0 Å². The second-order valence-corrected chi connectivity index (χ2v) is 8.32. The third kappa shape index (κ3) is 4.64. The van der Waals surface area contributed by atoms with Gasteiger partial charge in [-0.25, -0.2) is 0 Å². The van der Waals surface area contributed by atoms with Crippen molar-refractivity contribution in [3.05, 3.63) is 66.6 Å². The fraction of sp³-hybridized carbons (Fsp3) is 0.320. The highest BCUT2D eigenvalue weighted by Crippen LogP contribution is 2.30. The number of methoxy groups -OCH3 is 1. The Hall–Kier alpha value is -3.75. The number of nitrogens with zero attached hydrogens (tertiary/aromatic N) is 4. The minimum absolute atomic E-state index is 0.525. The fourth-order valence-corrected chi connectivity index (χ4v) is 4.00. The molecule has 1 amide bonds. The summed E-state index contributed by atoms with van der Waals surface area (Å²) < 4.78 is 36.1. The molecule has 0 aliphatic carbocycles. The van der Waals surface area contributed by atoms with E-state index in [4.69, 9.17) is 4.74 Å². The van der Waals surface area contributed by atoms with Crippen molar-refractivity contribution in [2.45, 2.75) is 45.3 Å². The van der Waals surface area contributed by atoms with Crippen molar-refractivity contribution in [1.82, 2.24) is 24.9 Å². The molecule has 0 bridgehead atoms. The van der Waals surface area contributed by atoms with Crippen molar-refractivity contribution in [2.75, 3.05) is 7.11 Å². The van der Waals surface area contributed by atoms with E-state index in [1.807, 2.05) is 54.3 Å². The van der Waals surface area contributed by atoms with Crippen LogP contribution in [0.3, 0.4) is 0 Å². The summed E-state index contributed by atoms with van der Waals surface area (Å²) in [5.41, 5.74) is 3.61. The van der Waals surface area contributed by atoms with Gasteiger partial charge in [0.2, 0.25) is 0 Å². The molecule has 1 unspecified atom stereocenters. The number of aryl methyl sites for hydroxylation is 1. The first-order valence-corrected chi connectivity index (χ1v) is 11.0. The lowest BCUT2D eigenvalue weighted by Gasteiger charge is -2.27. The molecule has 0 aliphatic heterocycles. The number of nitrogens with one attached hydrogen (secondary N) is 1. The molecule has 2 heterocycles. The maximum absolute atomic E-state index is 13.6. The molecule has 0 saturated heterocycles. The van der Waals surface area contributed by atoms with Gasteiger partial charge in [0.25, 0.3) is 5.91 Å². The normalized spacial score (nSPS) is 13.6. The molecular weight excluding hydrogens is 440 g/mol. The Balaban J connectivity index is 1.75. The summed E-state index contributed by atoms with van der Waals surface area (Å²) in [4.78, 5) is 12.1. The van der Waals surface area contributed by atoms with E-state index in [9.17, 15) is 13.6 Å². The van der Waals surface area contributed by atoms with E-state index in [-0.39, 0.29) is 0 Å². The SMILES string of the molecule is CCn1cc(-c2ccc3c(cnn3C(c3ccc(OC)cc3)[C@@H](C)NC(=O)C(C)(F)F)c2)cn1. The van der Waals surface area contributed by atoms with Gasteiger partial charge in [0.05, 0.1) is 37.1 Å². The lowest BCUT2D eigenvalue weighted by atomic mass is 9.99. The molecule has 7 nitrogen and oxygen atoms in total. The molecule has 0 spiro atoms. The largest absolute Gasteiger partial charge is 0.497 e. The fourth-order valence-electron chi connectivity index (χ4n) is 4.00. The predicted molar refractivity (Wildman–Crippen MR) is 126 cm³/mol. The number of fused-ring (bicyclic) bond motifs is 1. The highest BCUT2D eigenvalue weighted by molar-refractivity contribution is 5.85. The molecule has 0 radical (unpaired) electrons. The Morgan fingerprint density at radius 1 is 1.12 bits per heavy atom. The molecule has 34 heavy (non-hydrogen) atoms. The van der Waals surface area contributed by atoms with Crippen LogP contribution in [0.5, 0.6) is 5.75 Å². The minimum atomic E-state index is -3.48. The van der Waals surface area contributed by atoms with E-state index in [2.05, 4.69) is 15.5 Å². The smallest absolute Gasteiger partial charge is 0.321 e. The summed E-state index contributed by atoms with van der Waals surface area (Å²) in [6.45, 7) is 5.09. The predicted octanol–water partition coefficient (Wildman–Crippen LogP) is 4.68. The van der Waals surface area contributed by atoms with Crippen LogP contribution in [0.1, 0.15) is 32.4 Å². The van der Waals surface area contributed by atoms with Gasteiger partial charge in [-0.1, -0.05) is 18.2 Å². The van der Waals surface area contributed by atoms with Crippen molar-refractivity contribution >= 4 is 16.8 Å². The van der Waals surface area contributed by atoms with E-state index < -0.39 is 23.9 Å². The highest BCUT2D eigenvalue weighted by atomic mass is 19.3. The monoisotopic (exact) mass is 467 g/mol. The van der Waals surface area contributed by atoms with E-state index >= 15 is 0 Å². The molecule has 0 saturated carbocycles. The third-order valence-corrected chi connectivity index (χ3v) is 5.84. The summed E-state index contributed by atoms with van der Waals surface area (Å²) in [5.74, 6) is -4.14. The molecule has 4 rings (SSSR count). The molecule has 178 valence electrons. The highest BCUT2D eigenvalue weighted by Gasteiger charge is 2.35. The van der Waals surface area contributed by atoms with Crippen LogP contribution in [-0.2, 0) is 11.3 Å². The Kier molecular flexibility index (Phi) is 6.37. The van der Waals surface area contributed by atoms with Crippen LogP contribution in [0.15, 0.2) is 61.1 Å². The maximum atomic E-state index is 13.6. The van der Waals surface area contributed by atoms with Crippen molar-refractivity contribution in [1.29, 1.82) is 0 Å². The first-order chi connectivity index (χ1) is 16.2. The second-order valence-electron chi connectivity index (χ2n) is 8.32. The van der Waals surface area contributed by atoms with Gasteiger partial charge in [0, 0.05) is 30.6 Å². The zero-order chi connectivity index (χ0) is 24.5. The molecule has 4 aromatic rings. The number of carbonyl (C=O) groups excluding carboxylic acids is 1. The molecule has 1 N–H and O–H groups in total. The summed E-state index contributed by atoms with van der Waals surface area (Å²) >= 11 is 0. The lowest BCUT2D eigenvalue weighted by molar-refractivity contribution is -0.143. The van der Waals surface area contributed by atoms with Crippen LogP contribution in [0, 0.1) is 0 Å². The number of hydrogen-bond acceptors (Lipinski definition) is 4. The van der Waals surface area contributed by atoms with Gasteiger partial charge in [-0.3, -0.25) is 14.2 Å². The van der Waals surface area contributed by atoms with Crippen LogP contribution in [0.25, 0.3) is 22.0 Å². The van der Waals surface area contributed by atoms with Gasteiger partial charge in [-0.15, -0.1) is 0 Å². The molecular formula is C25H27F2N5O2. The zero-order valence-electron chi connectivity index (χ0n) is 19.5. The summed E-state index contributed by atoms with van der Waals surface area (Å²) in [6.07, 6.45) is 5.54. The molecule has 2 atom stereocenters. The van der Waals surface area contributed by atoms with Gasteiger partial charge < -0.3 is 10.1 Å². The number of alkyl halides is 2. The lowest BCUT2D eigenvalue weighted by Crippen LogP contribution is -2.46. The number of carbonyl (C=O) groups is 1. The topological polar surface area (TPSA) is 74.0 Å². The third-order valence-electron chi connectivity index (χ3n) is 5.84. The van der Waals surface area contributed by atoms with E-state index in [0.29, 0.717) is 12.7 Å². The molecule has 0 aliphatic rings. The average Bonchev–Trinajstić information content (AvgIpc) is 3.46. The average molecular weight is 468 g/mol. The first-order valence-electron chi connectivity index (χ1n) is 11.0. The Labute approximate surface area is 196 Å². The van der Waals surface area contributed by atoms with Crippen LogP contribution in [-0.4, -0.2) is 44.5 Å². The summed E-state index contributed by atoms with van der Waals surface area (Å²) in [6, 6.07) is 12.0. The Bertz CT molecular complexity index is 1290. The Morgan fingerprint density at radius 3 is 2.47 bits per heavy atom. The van der Waals surface area contributed by atoms with Crippen molar-refractivity contribution in [3.8, 4) is 16.9 Å². The van der Waals surface area contributed by atoms with Crippen LogP contribution in [0.4, 0.5) is 8.78 Å².